The first-order valence-electron chi connectivity index (χ1n) is 7.24. The Morgan fingerprint density at radius 1 is 0.545 bits per heavy atom. The van der Waals surface area contributed by atoms with Crippen LogP contribution < -0.4 is 15.9 Å². The van der Waals surface area contributed by atoms with Gasteiger partial charge in [-0.05, 0) is 48.8 Å². The van der Waals surface area contributed by atoms with Gasteiger partial charge < -0.3 is 0 Å². The molecule has 3 rings (SSSR count). The van der Waals surface area contributed by atoms with Crippen molar-refractivity contribution in [3.05, 3.63) is 90.0 Å². The summed E-state index contributed by atoms with van der Waals surface area (Å²) >= 11 is 0. The minimum absolute atomic E-state index is 0. The molecule has 0 nitrogen and oxygen atoms in total. The van der Waals surface area contributed by atoms with Crippen LogP contribution in [-0.4, -0.2) is 8.41 Å². The van der Waals surface area contributed by atoms with Gasteiger partial charge in [0.05, 0.1) is 0 Å². The molecule has 0 N–H and O–H groups in total. The summed E-state index contributed by atoms with van der Waals surface area (Å²) in [7, 11) is -0.488. The van der Waals surface area contributed by atoms with Crippen LogP contribution in [0.5, 0.6) is 0 Å². The average Bonchev–Trinajstić information content (AvgIpc) is 2.52. The molecule has 22 heavy (non-hydrogen) atoms. The fourth-order valence-corrected chi connectivity index (χ4v) is 5.22. The highest BCUT2D eigenvalue weighted by Crippen LogP contribution is 2.34. The van der Waals surface area contributed by atoms with Gasteiger partial charge in [-0.1, -0.05) is 78.9 Å². The molecule has 0 bridgehead atoms. The minimum atomic E-state index is -0.488. The second-order valence-corrected chi connectivity index (χ2v) is 7.39. The Labute approximate surface area is 136 Å². The van der Waals surface area contributed by atoms with E-state index in [4.69, 9.17) is 0 Å². The van der Waals surface area contributed by atoms with Crippen LogP contribution in [0.15, 0.2) is 78.9 Å². The lowest BCUT2D eigenvalue weighted by Crippen LogP contribution is -2.23. The predicted molar refractivity (Wildman–Crippen MR) is 100 cm³/mol. The Kier molecular flexibility index (Phi) is 5.58. The van der Waals surface area contributed by atoms with Crippen LogP contribution >= 0.6 is 7.92 Å². The smallest absolute Gasteiger partial charge is 0 e. The average molecular weight is 301 g/mol. The highest BCUT2D eigenvalue weighted by atomic mass is 31.1. The monoisotopic (exact) mass is 301 g/mol. The third kappa shape index (κ3) is 3.31. The number of hydrogen-bond acceptors (Lipinski definition) is 0. The summed E-state index contributed by atoms with van der Waals surface area (Å²) in [6.45, 7) is 4.43. The van der Waals surface area contributed by atoms with Crippen molar-refractivity contribution in [1.82, 2.24) is 0 Å². The molecule has 0 aliphatic carbocycles. The van der Waals surface area contributed by atoms with E-state index in [1.165, 1.54) is 27.0 Å². The maximum Gasteiger partial charge on any atom is 0 e. The minimum Gasteiger partial charge on any atom is -0.0622 e. The number of hydrogen-bond donors (Lipinski definition) is 0. The molecule has 0 unspecified atom stereocenters. The van der Waals surface area contributed by atoms with E-state index in [1.54, 1.807) is 0 Å². The van der Waals surface area contributed by atoms with E-state index < -0.39 is 7.92 Å². The highest BCUT2D eigenvalue weighted by molar-refractivity contribution is 7.80. The van der Waals surface area contributed by atoms with Crippen LogP contribution in [0.1, 0.15) is 11.1 Å². The van der Waals surface area contributed by atoms with Crippen LogP contribution in [0, 0.1) is 13.8 Å². The van der Waals surface area contributed by atoms with Crippen molar-refractivity contribution in [2.45, 2.75) is 13.8 Å². The second kappa shape index (κ2) is 7.43. The van der Waals surface area contributed by atoms with E-state index in [9.17, 15) is 0 Å². The molecule has 0 aromatic heterocycles. The summed E-state index contributed by atoms with van der Waals surface area (Å²) in [5, 5.41) is 4.32. The molecule has 3 radical (unpaired) electrons. The van der Waals surface area contributed by atoms with Crippen molar-refractivity contribution in [3.63, 3.8) is 0 Å². The molecule has 3 aromatic carbocycles. The summed E-state index contributed by atoms with van der Waals surface area (Å²) in [4.78, 5) is 0. The van der Waals surface area contributed by atoms with Gasteiger partial charge in [0.2, 0.25) is 0 Å². The summed E-state index contributed by atoms with van der Waals surface area (Å²) in [5.41, 5.74) is 2.74. The molecule has 0 aliphatic rings. The maximum absolute atomic E-state index is 2.28. The summed E-state index contributed by atoms with van der Waals surface area (Å²) in [5.74, 6) is 0. The summed E-state index contributed by atoms with van der Waals surface area (Å²) in [6, 6.07) is 28.4. The molecule has 0 amide bonds. The van der Waals surface area contributed by atoms with Gasteiger partial charge in [-0.25, -0.2) is 0 Å². The van der Waals surface area contributed by atoms with E-state index in [-0.39, 0.29) is 8.41 Å². The second-order valence-electron chi connectivity index (χ2n) is 5.24. The molecule has 0 spiro atoms. The summed E-state index contributed by atoms with van der Waals surface area (Å²) in [6.07, 6.45) is 0. The van der Waals surface area contributed by atoms with Gasteiger partial charge in [-0.2, -0.15) is 0 Å². The standard InChI is InChI=1S/C20H19P.B/c1-16-10-6-8-14-19(16)21(18-12-4-3-5-13-18)20-15-9-7-11-17(20)2;/h3-15H,1-2H3;. The van der Waals surface area contributed by atoms with E-state index in [0.29, 0.717) is 0 Å². The molecule has 0 aliphatic heterocycles. The summed E-state index contributed by atoms with van der Waals surface area (Å²) < 4.78 is 0. The molecule has 0 saturated heterocycles. The zero-order valence-electron chi connectivity index (χ0n) is 13.0. The lowest BCUT2D eigenvalue weighted by Gasteiger charge is -2.22. The molecule has 0 saturated carbocycles. The fourth-order valence-electron chi connectivity index (χ4n) is 2.61. The molecule has 3 aromatic rings. The SMILES string of the molecule is Cc1ccccc1P(c1ccccc1)c1ccccc1C.[B]. The van der Waals surface area contributed by atoms with Crippen molar-refractivity contribution < 1.29 is 0 Å². The van der Waals surface area contributed by atoms with Gasteiger partial charge in [0.1, 0.15) is 0 Å². The lowest BCUT2D eigenvalue weighted by molar-refractivity contribution is 1.50. The number of rotatable bonds is 3. The van der Waals surface area contributed by atoms with Gasteiger partial charge >= 0.3 is 0 Å². The van der Waals surface area contributed by atoms with Crippen molar-refractivity contribution in [3.8, 4) is 0 Å². The molecule has 0 atom stereocenters. The van der Waals surface area contributed by atoms with Crippen LogP contribution in [0.4, 0.5) is 0 Å². The highest BCUT2D eigenvalue weighted by Gasteiger charge is 2.19. The fraction of sp³-hybridized carbons (Fsp3) is 0.100. The zero-order valence-corrected chi connectivity index (χ0v) is 13.9. The molecular weight excluding hydrogens is 282 g/mol. The Morgan fingerprint density at radius 2 is 0.955 bits per heavy atom. The Balaban J connectivity index is 0.00000176. The van der Waals surface area contributed by atoms with Crippen molar-refractivity contribution in [2.75, 3.05) is 0 Å². The molecular formula is C20H19BP. The molecule has 2 heteroatoms. The molecule has 0 heterocycles. The first-order valence-corrected chi connectivity index (χ1v) is 8.58. The van der Waals surface area contributed by atoms with Crippen LogP contribution in [0.3, 0.4) is 0 Å². The first kappa shape index (κ1) is 16.5. The van der Waals surface area contributed by atoms with Gasteiger partial charge in [-0.3, -0.25) is 0 Å². The third-order valence-corrected chi connectivity index (χ3v) is 6.51. The van der Waals surface area contributed by atoms with Gasteiger partial charge in [0.15, 0.2) is 0 Å². The van der Waals surface area contributed by atoms with Crippen molar-refractivity contribution in [2.24, 2.45) is 0 Å². The lowest BCUT2D eigenvalue weighted by atomic mass is 10.2. The number of benzene rings is 3. The molecule has 0 fully saturated rings. The Morgan fingerprint density at radius 3 is 1.41 bits per heavy atom. The predicted octanol–water partition coefficient (Wildman–Crippen LogP) is 3.68. The Bertz CT molecular complexity index is 692. The normalized spacial score (nSPS) is 10.3. The molecule has 107 valence electrons. The number of aryl methyl sites for hydroxylation is 2. The van der Waals surface area contributed by atoms with Crippen molar-refractivity contribution >= 4 is 32.2 Å². The van der Waals surface area contributed by atoms with Crippen LogP contribution in [0.25, 0.3) is 0 Å². The van der Waals surface area contributed by atoms with E-state index >= 15 is 0 Å². The Hall–Kier alpha value is -1.85. The quantitative estimate of drug-likeness (QED) is 0.511. The maximum atomic E-state index is 2.28. The van der Waals surface area contributed by atoms with Crippen LogP contribution in [0.2, 0.25) is 0 Å². The van der Waals surface area contributed by atoms with Gasteiger partial charge in [-0.15, -0.1) is 0 Å². The van der Waals surface area contributed by atoms with Crippen LogP contribution in [-0.2, 0) is 0 Å². The third-order valence-electron chi connectivity index (χ3n) is 3.73. The van der Waals surface area contributed by atoms with Gasteiger partial charge in [0.25, 0.3) is 0 Å². The zero-order chi connectivity index (χ0) is 14.7. The largest absolute Gasteiger partial charge is 0.0622 e. The topological polar surface area (TPSA) is 0 Å². The van der Waals surface area contributed by atoms with Crippen molar-refractivity contribution in [1.29, 1.82) is 0 Å². The van der Waals surface area contributed by atoms with E-state index in [1.807, 2.05) is 0 Å². The van der Waals surface area contributed by atoms with Gasteiger partial charge in [0, 0.05) is 8.41 Å². The van der Waals surface area contributed by atoms with E-state index in [0.717, 1.165) is 0 Å². The van der Waals surface area contributed by atoms with E-state index in [2.05, 4.69) is 92.7 Å². The first-order chi connectivity index (χ1) is 10.3.